The number of hydrogen-bond donors (Lipinski definition) is 0. The van der Waals surface area contributed by atoms with Gasteiger partial charge in [-0.2, -0.15) is 0 Å². The first kappa shape index (κ1) is 35.3. The smallest absolute Gasteiger partial charge is 0.218 e. The van der Waals surface area contributed by atoms with Crippen LogP contribution in [0.15, 0.2) is 150 Å². The second kappa shape index (κ2) is 17.4. The average Bonchev–Trinajstić information content (AvgIpc) is 3.14. The van der Waals surface area contributed by atoms with Crippen molar-refractivity contribution in [1.29, 1.82) is 0 Å². The van der Waals surface area contributed by atoms with Crippen LogP contribution in [0.2, 0.25) is 13.1 Å². The Balaban J connectivity index is 1.35. The summed E-state index contributed by atoms with van der Waals surface area (Å²) < 4.78 is 34.5. The van der Waals surface area contributed by atoms with Gasteiger partial charge in [-0.1, -0.05) is 151 Å². The summed E-state index contributed by atoms with van der Waals surface area (Å²) in [6.07, 6.45) is -1.74. The molecule has 5 atom stereocenters. The number of aryl methyl sites for hydroxylation is 1. The summed E-state index contributed by atoms with van der Waals surface area (Å²) in [4.78, 5) is 1.10. The Morgan fingerprint density at radius 2 is 1.00 bits per heavy atom. The van der Waals surface area contributed by atoms with Gasteiger partial charge < -0.3 is 23.4 Å². The summed E-state index contributed by atoms with van der Waals surface area (Å²) >= 11 is 1.66. The first-order valence-corrected chi connectivity index (χ1v) is 20.8. The van der Waals surface area contributed by atoms with Gasteiger partial charge in [0.15, 0.2) is 0 Å². The van der Waals surface area contributed by atoms with Crippen LogP contribution in [-0.2, 0) is 43.2 Å². The lowest BCUT2D eigenvalue weighted by molar-refractivity contribution is -0.250. The van der Waals surface area contributed by atoms with E-state index in [2.05, 4.69) is 105 Å². The molecule has 0 unspecified atom stereocenters. The minimum absolute atomic E-state index is 0.370. The minimum atomic E-state index is -2.27. The topological polar surface area (TPSA) is 46.2 Å². The lowest BCUT2D eigenvalue weighted by atomic mass is 9.99. The van der Waals surface area contributed by atoms with Gasteiger partial charge in [-0.3, -0.25) is 0 Å². The van der Waals surface area contributed by atoms with Crippen LogP contribution in [0.5, 0.6) is 0 Å². The Kier molecular flexibility index (Phi) is 12.5. The van der Waals surface area contributed by atoms with E-state index in [1.807, 2.05) is 60.7 Å². The van der Waals surface area contributed by atoms with E-state index in [-0.39, 0.29) is 5.44 Å². The zero-order valence-corrected chi connectivity index (χ0v) is 30.3. The number of benzene rings is 5. The lowest BCUT2D eigenvalue weighted by Crippen LogP contribution is -2.61. The Morgan fingerprint density at radius 3 is 1.51 bits per heavy atom. The molecular weight excluding hydrogens is 645 g/mol. The first-order valence-electron chi connectivity index (χ1n) is 17.0. The van der Waals surface area contributed by atoms with E-state index < -0.39 is 32.7 Å². The molecule has 254 valence electrons. The van der Waals surface area contributed by atoms with Gasteiger partial charge in [-0.05, 0) is 54.0 Å². The van der Waals surface area contributed by atoms with E-state index in [1.54, 1.807) is 11.8 Å². The summed E-state index contributed by atoms with van der Waals surface area (Å²) in [6.45, 7) is 8.20. The van der Waals surface area contributed by atoms with E-state index in [0.717, 1.165) is 21.6 Å². The van der Waals surface area contributed by atoms with Crippen LogP contribution in [-0.4, -0.2) is 44.8 Å². The highest BCUT2D eigenvalue weighted by Gasteiger charge is 2.49. The van der Waals surface area contributed by atoms with Gasteiger partial charge in [0.2, 0.25) is 8.32 Å². The van der Waals surface area contributed by atoms with Crippen molar-refractivity contribution >= 4 is 25.3 Å². The predicted octanol–water partition coefficient (Wildman–Crippen LogP) is 8.70. The average molecular weight is 691 g/mol. The van der Waals surface area contributed by atoms with Gasteiger partial charge in [0.1, 0.15) is 29.9 Å². The highest BCUT2D eigenvalue weighted by molar-refractivity contribution is 7.99. The summed E-state index contributed by atoms with van der Waals surface area (Å²) in [5, 5.41) is 1.24. The van der Waals surface area contributed by atoms with Gasteiger partial charge in [-0.15, -0.1) is 0 Å². The summed E-state index contributed by atoms with van der Waals surface area (Å²) in [5.74, 6) is 0. The Labute approximate surface area is 296 Å². The molecule has 1 aliphatic heterocycles. The van der Waals surface area contributed by atoms with Crippen LogP contribution in [0.25, 0.3) is 0 Å². The molecule has 0 bridgehead atoms. The highest BCUT2D eigenvalue weighted by Crippen LogP contribution is 2.38. The predicted molar refractivity (Wildman–Crippen MR) is 200 cm³/mol. The van der Waals surface area contributed by atoms with Gasteiger partial charge in [0.25, 0.3) is 0 Å². The number of thioether (sulfide) groups is 1. The van der Waals surface area contributed by atoms with Crippen LogP contribution < -0.4 is 5.19 Å². The van der Waals surface area contributed by atoms with Crippen LogP contribution in [0.1, 0.15) is 22.3 Å². The minimum Gasteiger partial charge on any atom is -0.410 e. The van der Waals surface area contributed by atoms with Crippen molar-refractivity contribution in [2.45, 2.75) is 74.6 Å². The summed E-state index contributed by atoms with van der Waals surface area (Å²) in [6, 6.07) is 49.9. The fourth-order valence-corrected chi connectivity index (χ4v) is 8.81. The van der Waals surface area contributed by atoms with Gasteiger partial charge in [0.05, 0.1) is 26.4 Å². The maximum Gasteiger partial charge on any atom is 0.218 e. The molecule has 6 rings (SSSR count). The van der Waals surface area contributed by atoms with Crippen molar-refractivity contribution in [3.63, 3.8) is 0 Å². The molecule has 5 aromatic carbocycles. The molecular formula is C42H46O5SSi. The molecule has 1 heterocycles. The van der Waals surface area contributed by atoms with Crippen molar-refractivity contribution in [2.75, 3.05) is 6.61 Å². The highest BCUT2D eigenvalue weighted by atomic mass is 32.2. The van der Waals surface area contributed by atoms with E-state index in [9.17, 15) is 0 Å². The zero-order valence-electron chi connectivity index (χ0n) is 28.5. The lowest BCUT2D eigenvalue weighted by Gasteiger charge is -2.46. The molecule has 49 heavy (non-hydrogen) atoms. The van der Waals surface area contributed by atoms with Crippen LogP contribution in [0.3, 0.4) is 0 Å². The molecule has 0 saturated carbocycles. The SMILES string of the molecule is Cc1ccc(S[C@@H]2O[C@H](CO[Si](C)(C)c3ccccc3)[C@H](OCc3ccccc3)[C@H](OCc3ccccc3)[C@H]2OCc2ccccc2)cc1. The Bertz CT molecular complexity index is 1670. The Hall–Kier alpha value is -3.53. The molecule has 1 aliphatic rings. The van der Waals surface area contributed by atoms with Crippen LogP contribution in [0.4, 0.5) is 0 Å². The second-order valence-corrected chi connectivity index (χ2v) is 18.0. The van der Waals surface area contributed by atoms with Crippen molar-refractivity contribution < 1.29 is 23.4 Å². The normalized spacial score (nSPS) is 21.0. The van der Waals surface area contributed by atoms with Crippen molar-refractivity contribution in [3.8, 4) is 0 Å². The quantitative estimate of drug-likeness (QED) is 0.103. The number of ether oxygens (including phenoxy) is 4. The molecule has 1 fully saturated rings. The third-order valence-electron chi connectivity index (χ3n) is 8.80. The third kappa shape index (κ3) is 10.0. The monoisotopic (exact) mass is 690 g/mol. The number of hydrogen-bond acceptors (Lipinski definition) is 6. The fourth-order valence-electron chi connectivity index (χ4n) is 5.94. The maximum atomic E-state index is 7.07. The summed E-state index contributed by atoms with van der Waals surface area (Å²) in [7, 11) is -2.27. The molecule has 0 aromatic heterocycles. The standard InChI is InChI=1S/C42H46O5SSi/c1-32-24-26-36(27-25-32)48-42-41(45-30-35-20-12-6-13-21-35)40(44-29-34-18-10-5-11-19-34)39(43-28-33-16-8-4-9-17-33)38(47-42)31-46-49(2,3)37-22-14-7-15-23-37/h4-27,38-42H,28-31H2,1-3H3/t38-,39+,40+,41-,42+/m1/s1. The van der Waals surface area contributed by atoms with Gasteiger partial charge in [0, 0.05) is 4.90 Å². The maximum absolute atomic E-state index is 7.07. The molecule has 0 spiro atoms. The molecule has 0 aliphatic carbocycles. The largest absolute Gasteiger partial charge is 0.410 e. The molecule has 0 radical (unpaired) electrons. The molecule has 0 amide bonds. The van der Waals surface area contributed by atoms with Crippen LogP contribution in [0, 0.1) is 6.92 Å². The molecule has 5 aromatic rings. The number of rotatable bonds is 15. The van der Waals surface area contributed by atoms with Crippen molar-refractivity contribution in [1.82, 2.24) is 0 Å². The molecule has 7 heteroatoms. The summed E-state index contributed by atoms with van der Waals surface area (Å²) in [5.41, 5.74) is 4.10. The molecule has 5 nitrogen and oxygen atoms in total. The van der Waals surface area contributed by atoms with E-state index in [1.165, 1.54) is 10.8 Å². The van der Waals surface area contributed by atoms with Gasteiger partial charge in [-0.25, -0.2) is 0 Å². The van der Waals surface area contributed by atoms with Crippen LogP contribution >= 0.6 is 11.8 Å². The van der Waals surface area contributed by atoms with E-state index in [4.69, 9.17) is 23.4 Å². The zero-order chi connectivity index (χ0) is 33.9. The second-order valence-electron chi connectivity index (χ2n) is 12.9. The third-order valence-corrected chi connectivity index (χ3v) is 12.6. The van der Waals surface area contributed by atoms with Crippen molar-refractivity contribution in [3.05, 3.63) is 168 Å². The fraction of sp³-hybridized carbons (Fsp3) is 0.286. The van der Waals surface area contributed by atoms with E-state index in [0.29, 0.717) is 26.4 Å². The van der Waals surface area contributed by atoms with Crippen molar-refractivity contribution in [2.24, 2.45) is 0 Å². The van der Waals surface area contributed by atoms with E-state index >= 15 is 0 Å². The first-order chi connectivity index (χ1) is 23.9. The molecule has 0 N–H and O–H groups in total. The van der Waals surface area contributed by atoms with Gasteiger partial charge >= 0.3 is 0 Å². The Morgan fingerprint density at radius 1 is 0.551 bits per heavy atom. The molecule has 1 saturated heterocycles.